The maximum absolute atomic E-state index is 6.21. The summed E-state index contributed by atoms with van der Waals surface area (Å²) in [4.78, 5) is 0.0648. The molecular formula is C13H8Br3ClOS. The van der Waals surface area contributed by atoms with E-state index in [1.807, 2.05) is 12.1 Å². The van der Waals surface area contributed by atoms with E-state index in [2.05, 4.69) is 53.9 Å². The molecule has 1 aliphatic rings. The second kappa shape index (κ2) is 5.68. The van der Waals surface area contributed by atoms with Crippen molar-refractivity contribution in [1.82, 2.24) is 0 Å². The van der Waals surface area contributed by atoms with Crippen LogP contribution in [0.4, 0.5) is 0 Å². The molecule has 3 rings (SSSR count). The van der Waals surface area contributed by atoms with Crippen LogP contribution in [0.2, 0.25) is 5.02 Å². The molecule has 19 heavy (non-hydrogen) atoms. The van der Waals surface area contributed by atoms with Gasteiger partial charge in [-0.15, -0.1) is 11.3 Å². The molecule has 100 valence electrons. The summed E-state index contributed by atoms with van der Waals surface area (Å²) in [5.74, 6) is 0.973. The molecule has 1 atom stereocenters. The van der Waals surface area contributed by atoms with Gasteiger partial charge in [-0.05, 0) is 61.2 Å². The Hall–Kier alpha value is 0.450. The van der Waals surface area contributed by atoms with Crippen LogP contribution < -0.4 is 4.74 Å². The van der Waals surface area contributed by atoms with E-state index >= 15 is 0 Å². The summed E-state index contributed by atoms with van der Waals surface area (Å²) in [6, 6.07) is 6.07. The number of halogens is 4. The van der Waals surface area contributed by atoms with Crippen molar-refractivity contribution in [2.75, 3.05) is 6.61 Å². The molecule has 1 aliphatic heterocycles. The van der Waals surface area contributed by atoms with Gasteiger partial charge in [-0.25, -0.2) is 0 Å². The smallest absolute Gasteiger partial charge is 0.127 e. The number of hydrogen-bond donors (Lipinski definition) is 0. The van der Waals surface area contributed by atoms with Gasteiger partial charge in [0, 0.05) is 17.0 Å². The Balaban J connectivity index is 2.09. The summed E-state index contributed by atoms with van der Waals surface area (Å²) in [6.07, 6.45) is 0.928. The third-order valence-corrected chi connectivity index (χ3v) is 6.60. The summed E-state index contributed by atoms with van der Waals surface area (Å²) >= 11 is 18.7. The maximum atomic E-state index is 6.21. The predicted octanol–water partition coefficient (Wildman–Crippen LogP) is 6.35. The third kappa shape index (κ3) is 2.77. The molecule has 1 aromatic heterocycles. The molecule has 0 radical (unpaired) electrons. The van der Waals surface area contributed by atoms with Gasteiger partial charge in [0.15, 0.2) is 0 Å². The molecule has 2 heterocycles. The Morgan fingerprint density at radius 3 is 2.68 bits per heavy atom. The summed E-state index contributed by atoms with van der Waals surface area (Å²) in [5.41, 5.74) is 3.46. The minimum atomic E-state index is 0.0648. The average Bonchev–Trinajstić information content (AvgIpc) is 2.93. The predicted molar refractivity (Wildman–Crippen MR) is 91.1 cm³/mol. The first-order valence-electron chi connectivity index (χ1n) is 5.60. The van der Waals surface area contributed by atoms with Crippen molar-refractivity contribution in [3.05, 3.63) is 47.5 Å². The van der Waals surface area contributed by atoms with Crippen LogP contribution in [-0.2, 0) is 6.42 Å². The molecule has 0 bridgehead atoms. The maximum Gasteiger partial charge on any atom is 0.127 e. The second-order valence-electron chi connectivity index (χ2n) is 4.22. The minimum absolute atomic E-state index is 0.0648. The van der Waals surface area contributed by atoms with Gasteiger partial charge in [0.1, 0.15) is 5.75 Å². The lowest BCUT2D eigenvalue weighted by Crippen LogP contribution is -1.96. The third-order valence-electron chi connectivity index (χ3n) is 3.01. The Morgan fingerprint density at radius 1 is 1.21 bits per heavy atom. The largest absolute Gasteiger partial charge is 0.493 e. The van der Waals surface area contributed by atoms with Crippen molar-refractivity contribution < 1.29 is 4.74 Å². The van der Waals surface area contributed by atoms with Gasteiger partial charge >= 0.3 is 0 Å². The summed E-state index contributed by atoms with van der Waals surface area (Å²) in [6.45, 7) is 0.733. The monoisotopic (exact) mass is 484 g/mol. The van der Waals surface area contributed by atoms with Crippen LogP contribution in [0.15, 0.2) is 25.8 Å². The van der Waals surface area contributed by atoms with Crippen LogP contribution in [0.5, 0.6) is 5.75 Å². The van der Waals surface area contributed by atoms with E-state index in [4.69, 9.17) is 16.3 Å². The number of rotatable bonds is 2. The number of alkyl halides is 1. The Kier molecular flexibility index (Phi) is 4.30. The first-order valence-corrected chi connectivity index (χ1v) is 9.30. The van der Waals surface area contributed by atoms with E-state index in [-0.39, 0.29) is 4.83 Å². The molecule has 1 aromatic carbocycles. The normalized spacial score (nSPS) is 15.2. The SMILES string of the molecule is Clc1cc2c(c(C(Br)c3cc(Br)sc3Br)c1)OCC2. The van der Waals surface area contributed by atoms with Crippen molar-refractivity contribution in [2.24, 2.45) is 0 Å². The van der Waals surface area contributed by atoms with Crippen molar-refractivity contribution in [3.63, 3.8) is 0 Å². The minimum Gasteiger partial charge on any atom is -0.493 e. The molecule has 1 nitrogen and oxygen atoms in total. The summed E-state index contributed by atoms with van der Waals surface area (Å²) < 4.78 is 7.96. The zero-order valence-electron chi connectivity index (χ0n) is 9.55. The fourth-order valence-corrected chi connectivity index (χ4v) is 6.49. The van der Waals surface area contributed by atoms with Gasteiger partial charge < -0.3 is 4.74 Å². The van der Waals surface area contributed by atoms with E-state index in [0.29, 0.717) is 0 Å². The molecule has 6 heteroatoms. The van der Waals surface area contributed by atoms with Crippen LogP contribution in [0.1, 0.15) is 21.5 Å². The highest BCUT2D eigenvalue weighted by Crippen LogP contribution is 2.46. The lowest BCUT2D eigenvalue weighted by Gasteiger charge is -2.14. The quantitative estimate of drug-likeness (QED) is 0.449. The van der Waals surface area contributed by atoms with E-state index in [0.717, 1.165) is 36.9 Å². The first-order chi connectivity index (χ1) is 9.06. The van der Waals surface area contributed by atoms with Gasteiger partial charge in [-0.2, -0.15) is 0 Å². The fourth-order valence-electron chi connectivity index (χ4n) is 2.18. The molecule has 0 amide bonds. The molecule has 0 spiro atoms. The molecular weight excluding hydrogens is 479 g/mol. The Bertz CT molecular complexity index is 641. The summed E-state index contributed by atoms with van der Waals surface area (Å²) in [7, 11) is 0. The van der Waals surface area contributed by atoms with Gasteiger partial charge in [0.05, 0.1) is 19.0 Å². The van der Waals surface area contributed by atoms with Crippen LogP contribution in [0, 0.1) is 0 Å². The topological polar surface area (TPSA) is 9.23 Å². The molecule has 2 aromatic rings. The van der Waals surface area contributed by atoms with Gasteiger partial charge in [-0.1, -0.05) is 27.5 Å². The molecule has 0 fully saturated rings. The van der Waals surface area contributed by atoms with Crippen LogP contribution in [0.3, 0.4) is 0 Å². The number of hydrogen-bond acceptors (Lipinski definition) is 2. The van der Waals surface area contributed by atoms with E-state index in [1.165, 1.54) is 11.1 Å². The van der Waals surface area contributed by atoms with Crippen LogP contribution >= 0.6 is 70.7 Å². The van der Waals surface area contributed by atoms with Gasteiger partial charge in [0.2, 0.25) is 0 Å². The number of ether oxygens (including phenoxy) is 1. The highest BCUT2D eigenvalue weighted by Gasteiger charge is 2.25. The van der Waals surface area contributed by atoms with E-state index in [1.54, 1.807) is 11.3 Å². The molecule has 0 saturated heterocycles. The fraction of sp³-hybridized carbons (Fsp3) is 0.231. The molecule has 0 aliphatic carbocycles. The standard InChI is InChI=1S/C13H8Br3ClOS/c14-10-5-9(13(16)19-10)11(15)8-4-7(17)3-6-1-2-18-12(6)8/h3-5,11H,1-2H2. The zero-order chi connectivity index (χ0) is 13.6. The van der Waals surface area contributed by atoms with Crippen LogP contribution in [0.25, 0.3) is 0 Å². The Labute approximate surface area is 145 Å². The number of benzene rings is 1. The highest BCUT2D eigenvalue weighted by atomic mass is 79.9. The van der Waals surface area contributed by atoms with Crippen LogP contribution in [-0.4, -0.2) is 6.61 Å². The molecule has 1 unspecified atom stereocenters. The van der Waals surface area contributed by atoms with Crippen molar-refractivity contribution in [2.45, 2.75) is 11.2 Å². The van der Waals surface area contributed by atoms with E-state index in [9.17, 15) is 0 Å². The molecule has 0 N–H and O–H groups in total. The average molecular weight is 487 g/mol. The lowest BCUT2D eigenvalue weighted by atomic mass is 10.0. The molecule has 0 saturated carbocycles. The highest BCUT2D eigenvalue weighted by molar-refractivity contribution is 9.12. The first kappa shape index (κ1) is 14.4. The van der Waals surface area contributed by atoms with Crippen molar-refractivity contribution in [1.29, 1.82) is 0 Å². The van der Waals surface area contributed by atoms with Crippen molar-refractivity contribution >= 4 is 70.7 Å². The Morgan fingerprint density at radius 2 is 2.00 bits per heavy atom. The van der Waals surface area contributed by atoms with Gasteiger partial charge in [0.25, 0.3) is 0 Å². The number of fused-ring (bicyclic) bond motifs is 1. The zero-order valence-corrected chi connectivity index (χ0v) is 15.9. The lowest BCUT2D eigenvalue weighted by molar-refractivity contribution is 0.354. The van der Waals surface area contributed by atoms with E-state index < -0.39 is 0 Å². The number of thiophene rings is 1. The second-order valence-corrected chi connectivity index (χ2v) is 9.33. The van der Waals surface area contributed by atoms with Gasteiger partial charge in [-0.3, -0.25) is 0 Å². The van der Waals surface area contributed by atoms with Crippen molar-refractivity contribution in [3.8, 4) is 5.75 Å². The summed E-state index contributed by atoms with van der Waals surface area (Å²) in [5, 5.41) is 0.758.